The van der Waals surface area contributed by atoms with E-state index in [4.69, 9.17) is 4.89 Å². The summed E-state index contributed by atoms with van der Waals surface area (Å²) in [5, 5.41) is 0. The predicted molar refractivity (Wildman–Crippen MR) is 42.0 cm³/mol. The second kappa shape index (κ2) is 4.47. The van der Waals surface area contributed by atoms with Gasteiger partial charge in [-0.1, -0.05) is 10.8 Å². The fourth-order valence-electron chi connectivity index (χ4n) is 0.659. The number of hydrogen-bond acceptors (Lipinski definition) is 4. The summed E-state index contributed by atoms with van der Waals surface area (Å²) < 4.78 is 43.3. The lowest BCUT2D eigenvalue weighted by atomic mass is 10.7. The summed E-state index contributed by atoms with van der Waals surface area (Å²) in [6.07, 6.45) is -0.788. The van der Waals surface area contributed by atoms with Crippen molar-refractivity contribution in [3.8, 4) is 0 Å². The first-order valence-corrected chi connectivity index (χ1v) is 6.49. The van der Waals surface area contributed by atoms with E-state index in [0.29, 0.717) is 4.31 Å². The van der Waals surface area contributed by atoms with Gasteiger partial charge in [-0.05, 0) is 0 Å². The lowest BCUT2D eigenvalue weighted by Crippen LogP contribution is -2.31. The van der Waals surface area contributed by atoms with Crippen molar-refractivity contribution in [2.45, 2.75) is 6.92 Å². The van der Waals surface area contributed by atoms with Crippen LogP contribution in [0.1, 0.15) is 6.92 Å². The minimum Gasteiger partial charge on any atom is -0.779 e. The molecule has 9 heteroatoms. The molecule has 0 spiro atoms. The molecule has 6 nitrogen and oxygen atoms in total. The maximum absolute atomic E-state index is 12.3. The molecule has 13 heavy (non-hydrogen) atoms. The molecular weight excluding hydrogens is 224 g/mol. The van der Waals surface area contributed by atoms with Gasteiger partial charge in [0.25, 0.3) is 0 Å². The number of rotatable bonds is 5. The van der Waals surface area contributed by atoms with E-state index < -0.39 is 30.7 Å². The minimum absolute atomic E-state index is 0.182. The summed E-state index contributed by atoms with van der Waals surface area (Å²) in [7, 11) is -9.40. The number of halogens is 1. The van der Waals surface area contributed by atoms with Crippen LogP contribution in [0, 0.1) is 0 Å². The van der Waals surface area contributed by atoms with Crippen LogP contribution in [-0.4, -0.2) is 36.9 Å². The van der Waals surface area contributed by atoms with Gasteiger partial charge in [0.05, 0.1) is 0 Å². The van der Waals surface area contributed by atoms with E-state index in [9.17, 15) is 21.8 Å². The smallest absolute Gasteiger partial charge is 0.374 e. The maximum atomic E-state index is 12.3. The third-order valence-electron chi connectivity index (χ3n) is 1.29. The van der Waals surface area contributed by atoms with Gasteiger partial charge in [0.15, 0.2) is 0 Å². The molecule has 1 N–H and O–H groups in total. The average Bonchev–Trinajstić information content (AvgIpc) is 1.82. The van der Waals surface area contributed by atoms with E-state index in [-0.39, 0.29) is 6.54 Å². The Balaban J connectivity index is 4.26. The molecule has 0 aliphatic rings. The van der Waals surface area contributed by atoms with E-state index in [1.54, 1.807) is 0 Å². The van der Waals surface area contributed by atoms with Crippen LogP contribution in [0.25, 0.3) is 0 Å². The second-order valence-electron chi connectivity index (χ2n) is 2.29. The van der Waals surface area contributed by atoms with Crippen molar-refractivity contribution in [1.82, 2.24) is 4.31 Å². The van der Waals surface area contributed by atoms with Crippen LogP contribution in [0.5, 0.6) is 0 Å². The van der Waals surface area contributed by atoms with Crippen LogP contribution in [0.3, 0.4) is 0 Å². The van der Waals surface area contributed by atoms with Crippen molar-refractivity contribution in [2.75, 3.05) is 19.3 Å². The zero-order chi connectivity index (χ0) is 10.7. The van der Waals surface area contributed by atoms with Gasteiger partial charge in [-0.3, -0.25) is 0 Å². The Morgan fingerprint density at radius 3 is 2.31 bits per heavy atom. The zero-order valence-electron chi connectivity index (χ0n) is 6.88. The molecule has 0 radical (unpaired) electrons. The monoisotopic (exact) mass is 234 g/mol. The van der Waals surface area contributed by atoms with Gasteiger partial charge in [0, 0.05) is 19.3 Å². The SMILES string of the molecule is CCN(CCP(=O)([O-])O)S(=O)(=O)F. The standard InChI is InChI=1S/C4H11FNO5PS/c1-2-6(13(5,10)11)3-4-12(7,8)9/h2-4H2,1H3,(H2,7,8,9)/p-1. The van der Waals surface area contributed by atoms with Crippen molar-refractivity contribution in [2.24, 2.45) is 0 Å². The fourth-order valence-corrected chi connectivity index (χ4v) is 1.91. The van der Waals surface area contributed by atoms with Gasteiger partial charge in [0.1, 0.15) is 7.60 Å². The normalized spacial score (nSPS) is 17.3. The molecule has 0 aliphatic heterocycles. The van der Waals surface area contributed by atoms with E-state index in [1.807, 2.05) is 0 Å². The minimum atomic E-state index is -4.88. The first kappa shape index (κ1) is 13.0. The lowest BCUT2D eigenvalue weighted by molar-refractivity contribution is -0.193. The molecule has 0 aromatic heterocycles. The highest BCUT2D eigenvalue weighted by atomic mass is 32.3. The summed E-state index contributed by atoms with van der Waals surface area (Å²) in [5.74, 6) is 0. The first-order valence-electron chi connectivity index (χ1n) is 3.39. The highest BCUT2D eigenvalue weighted by Crippen LogP contribution is 2.28. The predicted octanol–water partition coefficient (Wildman–Crippen LogP) is -0.932. The molecule has 0 bridgehead atoms. The van der Waals surface area contributed by atoms with Crippen molar-refractivity contribution in [3.63, 3.8) is 0 Å². The van der Waals surface area contributed by atoms with Gasteiger partial charge in [-0.25, -0.2) is 0 Å². The molecular formula is C4H10FNO5PS-. The molecule has 0 aromatic carbocycles. The Bertz CT molecular complexity index is 298. The lowest BCUT2D eigenvalue weighted by Gasteiger charge is -2.19. The highest BCUT2D eigenvalue weighted by Gasteiger charge is 2.19. The Kier molecular flexibility index (Phi) is 4.47. The highest BCUT2D eigenvalue weighted by molar-refractivity contribution is 7.84. The van der Waals surface area contributed by atoms with Gasteiger partial charge in [-0.2, -0.15) is 12.7 Å². The van der Waals surface area contributed by atoms with Crippen LogP contribution in [0.15, 0.2) is 0 Å². The van der Waals surface area contributed by atoms with Crippen LogP contribution in [0.4, 0.5) is 3.89 Å². The van der Waals surface area contributed by atoms with Gasteiger partial charge in [-0.15, -0.1) is 0 Å². The summed E-state index contributed by atoms with van der Waals surface area (Å²) in [6, 6.07) is 0. The fraction of sp³-hybridized carbons (Fsp3) is 1.00. The Labute approximate surface area is 75.9 Å². The van der Waals surface area contributed by atoms with E-state index >= 15 is 0 Å². The number of hydrogen-bond donors (Lipinski definition) is 1. The maximum Gasteiger partial charge on any atom is 0.374 e. The summed E-state index contributed by atoms with van der Waals surface area (Å²) in [5.41, 5.74) is 0. The van der Waals surface area contributed by atoms with Crippen LogP contribution in [0.2, 0.25) is 0 Å². The van der Waals surface area contributed by atoms with Gasteiger partial charge >= 0.3 is 10.4 Å². The summed E-state index contributed by atoms with van der Waals surface area (Å²) in [6.45, 7) is 0.593. The largest absolute Gasteiger partial charge is 0.779 e. The average molecular weight is 234 g/mol. The van der Waals surface area contributed by atoms with Crippen LogP contribution >= 0.6 is 7.60 Å². The molecule has 0 amide bonds. The quantitative estimate of drug-likeness (QED) is 0.489. The van der Waals surface area contributed by atoms with Crippen LogP contribution in [-0.2, 0) is 15.0 Å². The number of nitrogens with zero attached hydrogens (tertiary/aromatic N) is 1. The first-order chi connectivity index (χ1) is 5.67. The molecule has 1 unspecified atom stereocenters. The Morgan fingerprint density at radius 2 is 2.08 bits per heavy atom. The van der Waals surface area contributed by atoms with Gasteiger partial charge in [0.2, 0.25) is 0 Å². The topological polar surface area (TPSA) is 97.7 Å². The molecule has 1 atom stereocenters. The summed E-state index contributed by atoms with van der Waals surface area (Å²) >= 11 is 0. The second-order valence-corrected chi connectivity index (χ2v) is 5.36. The van der Waals surface area contributed by atoms with Crippen molar-refractivity contribution < 1.29 is 26.7 Å². The molecule has 0 fully saturated rings. The molecule has 0 saturated carbocycles. The molecule has 0 heterocycles. The Hall–Kier alpha value is -0.0100. The van der Waals surface area contributed by atoms with Crippen molar-refractivity contribution in [1.29, 1.82) is 0 Å². The Morgan fingerprint density at radius 1 is 1.62 bits per heavy atom. The van der Waals surface area contributed by atoms with E-state index in [0.717, 1.165) is 0 Å². The third kappa shape index (κ3) is 6.11. The van der Waals surface area contributed by atoms with Gasteiger partial charge < -0.3 is 14.4 Å². The summed E-state index contributed by atoms with van der Waals surface area (Å²) in [4.78, 5) is 18.5. The van der Waals surface area contributed by atoms with E-state index in [1.165, 1.54) is 6.92 Å². The van der Waals surface area contributed by atoms with Crippen LogP contribution < -0.4 is 4.89 Å². The zero-order valence-corrected chi connectivity index (χ0v) is 8.59. The molecule has 80 valence electrons. The molecule has 0 aromatic rings. The molecule has 0 saturated heterocycles. The van der Waals surface area contributed by atoms with Crippen molar-refractivity contribution in [3.05, 3.63) is 0 Å². The van der Waals surface area contributed by atoms with E-state index in [2.05, 4.69) is 0 Å². The van der Waals surface area contributed by atoms with Crippen molar-refractivity contribution >= 4 is 18.0 Å². The molecule has 0 aliphatic carbocycles. The third-order valence-corrected chi connectivity index (χ3v) is 3.12. The molecule has 0 rings (SSSR count).